The van der Waals surface area contributed by atoms with Crippen LogP contribution >= 0.6 is 11.3 Å². The second-order valence-corrected chi connectivity index (χ2v) is 6.68. The topological polar surface area (TPSA) is 73.8 Å². The van der Waals surface area contributed by atoms with Gasteiger partial charge in [0.2, 0.25) is 5.43 Å². The predicted octanol–water partition coefficient (Wildman–Crippen LogP) is 3.10. The maximum Gasteiger partial charge on any atom is 0.286 e. The Labute approximate surface area is 151 Å². The van der Waals surface area contributed by atoms with Crippen molar-refractivity contribution in [2.24, 2.45) is 12.0 Å². The Kier molecular flexibility index (Phi) is 3.93. The lowest BCUT2D eigenvalue weighted by atomic mass is 10.2. The van der Waals surface area contributed by atoms with Crippen LogP contribution in [-0.2, 0) is 7.05 Å². The number of aromatic nitrogens is 1. The Balaban J connectivity index is 1.85. The third kappa shape index (κ3) is 2.62. The van der Waals surface area contributed by atoms with Crippen LogP contribution in [0.2, 0.25) is 0 Å². The van der Waals surface area contributed by atoms with E-state index >= 15 is 0 Å². The highest BCUT2D eigenvalue weighted by atomic mass is 32.1. The average Bonchev–Trinajstić information content (AvgIpc) is 2.97. The monoisotopic (exact) mass is 366 g/mol. The van der Waals surface area contributed by atoms with Gasteiger partial charge >= 0.3 is 0 Å². The Hall–Kier alpha value is -3.19. The first-order valence-electron chi connectivity index (χ1n) is 7.81. The highest BCUT2D eigenvalue weighted by Gasteiger charge is 2.14. The molecule has 2 heterocycles. The van der Waals surface area contributed by atoms with Gasteiger partial charge in [-0.1, -0.05) is 23.5 Å². The normalized spacial score (nSPS) is 12.0. The molecule has 0 N–H and O–H groups in total. The number of methoxy groups -OCH3 is 1. The van der Waals surface area contributed by atoms with E-state index in [4.69, 9.17) is 9.15 Å². The minimum absolute atomic E-state index is 0.0845. The number of carbonyl (C=O) groups is 1. The molecule has 0 bridgehead atoms. The summed E-state index contributed by atoms with van der Waals surface area (Å²) in [5, 5.41) is 0.360. The van der Waals surface area contributed by atoms with Crippen molar-refractivity contribution >= 4 is 38.4 Å². The van der Waals surface area contributed by atoms with Crippen LogP contribution in [0.15, 0.2) is 62.9 Å². The van der Waals surface area contributed by atoms with E-state index in [0.717, 1.165) is 16.0 Å². The van der Waals surface area contributed by atoms with Gasteiger partial charge in [-0.2, -0.15) is 4.99 Å². The van der Waals surface area contributed by atoms with E-state index in [1.54, 1.807) is 35.9 Å². The average molecular weight is 366 g/mol. The van der Waals surface area contributed by atoms with E-state index in [1.807, 2.05) is 25.2 Å². The van der Waals surface area contributed by atoms with Crippen molar-refractivity contribution in [3.8, 4) is 5.75 Å². The summed E-state index contributed by atoms with van der Waals surface area (Å²) in [6.07, 6.45) is 1.17. The van der Waals surface area contributed by atoms with E-state index in [0.29, 0.717) is 15.8 Å². The first kappa shape index (κ1) is 16.3. The molecule has 7 heteroatoms. The minimum atomic E-state index is -0.626. The van der Waals surface area contributed by atoms with Crippen LogP contribution in [0.3, 0.4) is 0 Å². The van der Waals surface area contributed by atoms with Crippen molar-refractivity contribution in [2.75, 3.05) is 7.11 Å². The minimum Gasteiger partial charge on any atom is -0.497 e. The van der Waals surface area contributed by atoms with Gasteiger partial charge in [-0.05, 0) is 30.3 Å². The van der Waals surface area contributed by atoms with E-state index < -0.39 is 5.91 Å². The van der Waals surface area contributed by atoms with Crippen molar-refractivity contribution in [1.29, 1.82) is 0 Å². The quantitative estimate of drug-likeness (QED) is 0.546. The number of aryl methyl sites for hydroxylation is 1. The van der Waals surface area contributed by atoms with Crippen LogP contribution in [0.1, 0.15) is 10.4 Å². The smallest absolute Gasteiger partial charge is 0.286 e. The number of carbonyl (C=O) groups excluding carboxylic acids is 1. The number of fused-ring (bicyclic) bond motifs is 2. The summed E-state index contributed by atoms with van der Waals surface area (Å²) in [4.78, 5) is 29.7. The molecule has 0 saturated carbocycles. The summed E-state index contributed by atoms with van der Waals surface area (Å²) >= 11 is 1.35. The molecule has 130 valence electrons. The molecule has 4 aromatic rings. The fourth-order valence-corrected chi connectivity index (χ4v) is 3.77. The summed E-state index contributed by atoms with van der Waals surface area (Å²) in [6.45, 7) is 0. The zero-order valence-electron chi connectivity index (χ0n) is 14.1. The molecular formula is C19H14N2O4S. The molecule has 0 spiro atoms. The molecular weight excluding hydrogens is 352 g/mol. The predicted molar refractivity (Wildman–Crippen MR) is 99.7 cm³/mol. The van der Waals surface area contributed by atoms with Gasteiger partial charge in [-0.3, -0.25) is 9.59 Å². The Morgan fingerprint density at radius 2 is 2.04 bits per heavy atom. The fraction of sp³-hybridized carbons (Fsp3) is 0.105. The molecule has 2 aromatic heterocycles. The summed E-state index contributed by atoms with van der Waals surface area (Å²) < 4.78 is 13.4. The molecule has 2 aromatic carbocycles. The molecule has 0 aliphatic carbocycles. The van der Waals surface area contributed by atoms with Gasteiger partial charge in [0, 0.05) is 7.05 Å². The highest BCUT2D eigenvalue weighted by molar-refractivity contribution is 7.16. The number of para-hydroxylation sites is 1. The number of thiazole rings is 1. The number of nitrogens with zero attached hydrogens (tertiary/aromatic N) is 2. The van der Waals surface area contributed by atoms with Crippen LogP contribution in [0.4, 0.5) is 0 Å². The second kappa shape index (κ2) is 6.27. The lowest BCUT2D eigenvalue weighted by Crippen LogP contribution is -2.18. The first-order chi connectivity index (χ1) is 12.6. The van der Waals surface area contributed by atoms with Gasteiger partial charge in [0.1, 0.15) is 23.2 Å². The van der Waals surface area contributed by atoms with Crippen LogP contribution in [0, 0.1) is 0 Å². The van der Waals surface area contributed by atoms with Gasteiger partial charge in [0.25, 0.3) is 5.91 Å². The number of hydrogen-bond donors (Lipinski definition) is 0. The van der Waals surface area contributed by atoms with E-state index in [-0.39, 0.29) is 11.0 Å². The summed E-state index contributed by atoms with van der Waals surface area (Å²) in [6, 6.07) is 12.4. The Bertz CT molecular complexity index is 1280. The van der Waals surface area contributed by atoms with E-state index in [1.165, 1.54) is 17.6 Å². The van der Waals surface area contributed by atoms with Crippen molar-refractivity contribution in [1.82, 2.24) is 4.57 Å². The molecule has 26 heavy (non-hydrogen) atoms. The highest BCUT2D eigenvalue weighted by Crippen LogP contribution is 2.22. The molecule has 0 atom stereocenters. The second-order valence-electron chi connectivity index (χ2n) is 5.67. The van der Waals surface area contributed by atoms with Crippen molar-refractivity contribution in [2.45, 2.75) is 0 Å². The largest absolute Gasteiger partial charge is 0.497 e. The molecule has 0 radical (unpaired) electrons. The zero-order valence-corrected chi connectivity index (χ0v) is 14.9. The molecule has 0 saturated heterocycles. The molecule has 6 nitrogen and oxygen atoms in total. The van der Waals surface area contributed by atoms with E-state index in [2.05, 4.69) is 4.99 Å². The molecule has 4 rings (SSSR count). The third-order valence-corrected chi connectivity index (χ3v) is 5.22. The maximum atomic E-state index is 12.6. The van der Waals surface area contributed by atoms with Gasteiger partial charge in [-0.15, -0.1) is 0 Å². The molecule has 0 aliphatic rings. The van der Waals surface area contributed by atoms with Crippen molar-refractivity contribution in [3.05, 3.63) is 69.3 Å². The van der Waals surface area contributed by atoms with Crippen LogP contribution in [0.5, 0.6) is 5.75 Å². The summed E-state index contributed by atoms with van der Waals surface area (Å²) in [5.74, 6) is 0.103. The molecule has 0 aliphatic heterocycles. The van der Waals surface area contributed by atoms with Gasteiger partial charge < -0.3 is 13.7 Å². The fourth-order valence-electron chi connectivity index (χ4n) is 2.72. The van der Waals surface area contributed by atoms with Gasteiger partial charge in [0.15, 0.2) is 4.80 Å². The molecule has 0 fully saturated rings. The molecule has 1 amide bonds. The van der Waals surface area contributed by atoms with Crippen LogP contribution < -0.4 is 15.0 Å². The summed E-state index contributed by atoms with van der Waals surface area (Å²) in [5.41, 5.74) is 0.895. The number of amides is 1. The summed E-state index contributed by atoms with van der Waals surface area (Å²) in [7, 11) is 3.42. The number of benzene rings is 2. The lowest BCUT2D eigenvalue weighted by Gasteiger charge is -1.99. The van der Waals surface area contributed by atoms with Gasteiger partial charge in [-0.25, -0.2) is 0 Å². The van der Waals surface area contributed by atoms with Crippen molar-refractivity contribution < 1.29 is 13.9 Å². The number of rotatable bonds is 2. The lowest BCUT2D eigenvalue weighted by molar-refractivity contribution is 0.0995. The van der Waals surface area contributed by atoms with Crippen molar-refractivity contribution in [3.63, 3.8) is 0 Å². The van der Waals surface area contributed by atoms with Crippen LogP contribution in [0.25, 0.3) is 21.2 Å². The van der Waals surface area contributed by atoms with Crippen LogP contribution in [-0.4, -0.2) is 17.6 Å². The number of ether oxygens (including phenoxy) is 1. The third-order valence-electron chi connectivity index (χ3n) is 4.12. The Morgan fingerprint density at radius 1 is 1.23 bits per heavy atom. The first-order valence-corrected chi connectivity index (χ1v) is 8.63. The van der Waals surface area contributed by atoms with E-state index in [9.17, 15) is 9.59 Å². The van der Waals surface area contributed by atoms with Gasteiger partial charge in [0.05, 0.1) is 22.7 Å². The number of hydrogen-bond acceptors (Lipinski definition) is 5. The molecule has 0 unspecified atom stereocenters. The Morgan fingerprint density at radius 3 is 2.85 bits per heavy atom. The SMILES string of the molecule is COc1ccc2c(c1)sc(=NC(=O)c1coc3ccccc3c1=O)n2C. The standard InChI is InChI=1S/C19H14N2O4S/c1-21-14-8-7-11(24-2)9-16(14)26-19(21)20-18(23)13-10-25-15-6-4-3-5-12(15)17(13)22/h3-10H,1-2H3. The maximum absolute atomic E-state index is 12.6. The zero-order chi connectivity index (χ0) is 18.3.